The largest absolute Gasteiger partial charge is 0.466 e. The molecule has 2 rings (SSSR count). The third kappa shape index (κ3) is 3.31. The molecule has 4 heteroatoms. The van der Waals surface area contributed by atoms with Gasteiger partial charge in [0.05, 0.1) is 12.5 Å². The molecule has 0 spiro atoms. The van der Waals surface area contributed by atoms with Crippen LogP contribution in [0.15, 0.2) is 30.3 Å². The first-order chi connectivity index (χ1) is 8.81. The van der Waals surface area contributed by atoms with Crippen LogP contribution < -0.4 is 10.6 Å². The molecule has 1 fully saturated rings. The quantitative estimate of drug-likeness (QED) is 0.761. The predicted octanol–water partition coefficient (Wildman–Crippen LogP) is 0.927. The molecule has 2 atom stereocenters. The van der Waals surface area contributed by atoms with Gasteiger partial charge in [-0.3, -0.25) is 4.79 Å². The van der Waals surface area contributed by atoms with Crippen molar-refractivity contribution in [1.82, 2.24) is 10.6 Å². The van der Waals surface area contributed by atoms with E-state index in [1.54, 1.807) is 0 Å². The Morgan fingerprint density at radius 3 is 2.89 bits per heavy atom. The van der Waals surface area contributed by atoms with E-state index in [2.05, 4.69) is 22.8 Å². The van der Waals surface area contributed by atoms with E-state index in [-0.39, 0.29) is 17.9 Å². The second-order valence-electron chi connectivity index (χ2n) is 4.49. The zero-order valence-corrected chi connectivity index (χ0v) is 10.7. The van der Waals surface area contributed by atoms with Gasteiger partial charge in [0, 0.05) is 25.7 Å². The van der Waals surface area contributed by atoms with Gasteiger partial charge in [-0.15, -0.1) is 0 Å². The van der Waals surface area contributed by atoms with Gasteiger partial charge in [0.1, 0.15) is 0 Å². The first kappa shape index (κ1) is 13.1. The maximum Gasteiger partial charge on any atom is 0.311 e. The topological polar surface area (TPSA) is 50.4 Å². The van der Waals surface area contributed by atoms with Gasteiger partial charge in [0.15, 0.2) is 0 Å². The average molecular weight is 248 g/mol. The van der Waals surface area contributed by atoms with Gasteiger partial charge in [0.25, 0.3) is 0 Å². The molecule has 0 bridgehead atoms. The Kier molecular flexibility index (Phi) is 4.73. The average Bonchev–Trinajstić information content (AvgIpc) is 2.86. The second-order valence-corrected chi connectivity index (χ2v) is 4.49. The lowest BCUT2D eigenvalue weighted by molar-refractivity contribution is -0.147. The van der Waals surface area contributed by atoms with Gasteiger partial charge >= 0.3 is 5.97 Å². The van der Waals surface area contributed by atoms with Gasteiger partial charge in [-0.05, 0) is 12.5 Å². The molecule has 0 saturated carbocycles. The molecule has 1 aliphatic rings. The number of rotatable bonds is 5. The van der Waals surface area contributed by atoms with Crippen molar-refractivity contribution in [2.24, 2.45) is 5.92 Å². The van der Waals surface area contributed by atoms with Crippen LogP contribution in [-0.2, 0) is 16.1 Å². The predicted molar refractivity (Wildman–Crippen MR) is 70.1 cm³/mol. The summed E-state index contributed by atoms with van der Waals surface area (Å²) >= 11 is 0. The summed E-state index contributed by atoms with van der Waals surface area (Å²) in [6.45, 7) is 4.58. The molecule has 2 unspecified atom stereocenters. The van der Waals surface area contributed by atoms with E-state index in [1.807, 2.05) is 25.1 Å². The highest BCUT2D eigenvalue weighted by atomic mass is 16.5. The fraction of sp³-hybridized carbons (Fsp3) is 0.500. The van der Waals surface area contributed by atoms with Crippen molar-refractivity contribution in [3.05, 3.63) is 35.9 Å². The minimum Gasteiger partial charge on any atom is -0.466 e. The highest BCUT2D eigenvalue weighted by Crippen LogP contribution is 2.12. The smallest absolute Gasteiger partial charge is 0.311 e. The van der Waals surface area contributed by atoms with Crippen LogP contribution >= 0.6 is 0 Å². The summed E-state index contributed by atoms with van der Waals surface area (Å²) in [5.41, 5.74) is 1.23. The number of nitrogens with one attached hydrogen (secondary N) is 2. The Morgan fingerprint density at radius 1 is 1.39 bits per heavy atom. The van der Waals surface area contributed by atoms with Crippen LogP contribution in [-0.4, -0.2) is 31.7 Å². The Balaban J connectivity index is 1.86. The van der Waals surface area contributed by atoms with E-state index in [1.165, 1.54) is 5.56 Å². The minimum absolute atomic E-state index is 0.0753. The summed E-state index contributed by atoms with van der Waals surface area (Å²) < 4.78 is 5.09. The van der Waals surface area contributed by atoms with Crippen LogP contribution in [0.3, 0.4) is 0 Å². The van der Waals surface area contributed by atoms with Crippen molar-refractivity contribution in [1.29, 1.82) is 0 Å². The fourth-order valence-corrected chi connectivity index (χ4v) is 2.23. The standard InChI is InChI=1S/C14H20N2O2/c1-2-18-14(17)12-9-15-10-13(12)16-8-11-6-4-3-5-7-11/h3-7,12-13,15-16H,2,8-10H2,1H3. The molecule has 1 heterocycles. The molecule has 0 radical (unpaired) electrons. The fourth-order valence-electron chi connectivity index (χ4n) is 2.23. The van der Waals surface area contributed by atoms with E-state index in [0.717, 1.165) is 13.1 Å². The third-order valence-corrected chi connectivity index (χ3v) is 3.21. The number of carbonyl (C=O) groups excluding carboxylic acids is 1. The summed E-state index contributed by atoms with van der Waals surface area (Å²) in [5, 5.41) is 6.66. The van der Waals surface area contributed by atoms with Crippen LogP contribution in [0.4, 0.5) is 0 Å². The summed E-state index contributed by atoms with van der Waals surface area (Å²) in [4.78, 5) is 11.8. The zero-order valence-electron chi connectivity index (χ0n) is 10.7. The minimum atomic E-state index is -0.104. The normalized spacial score (nSPS) is 22.9. The van der Waals surface area contributed by atoms with Crippen molar-refractivity contribution in [2.45, 2.75) is 19.5 Å². The molecule has 0 aliphatic carbocycles. The third-order valence-electron chi connectivity index (χ3n) is 3.21. The van der Waals surface area contributed by atoms with Gasteiger partial charge in [-0.2, -0.15) is 0 Å². The summed E-state index contributed by atoms with van der Waals surface area (Å²) in [5.74, 6) is -0.179. The van der Waals surface area contributed by atoms with Gasteiger partial charge < -0.3 is 15.4 Å². The number of carbonyl (C=O) groups is 1. The first-order valence-corrected chi connectivity index (χ1v) is 6.46. The van der Waals surface area contributed by atoms with E-state index in [4.69, 9.17) is 4.74 Å². The van der Waals surface area contributed by atoms with Crippen molar-refractivity contribution < 1.29 is 9.53 Å². The monoisotopic (exact) mass is 248 g/mol. The number of esters is 1. The maximum atomic E-state index is 11.8. The number of hydrogen-bond donors (Lipinski definition) is 2. The molecular formula is C14H20N2O2. The molecular weight excluding hydrogens is 228 g/mol. The Labute approximate surface area is 108 Å². The molecule has 98 valence electrons. The number of ether oxygens (including phenoxy) is 1. The van der Waals surface area contributed by atoms with Gasteiger partial charge in [-0.25, -0.2) is 0 Å². The zero-order chi connectivity index (χ0) is 12.8. The molecule has 18 heavy (non-hydrogen) atoms. The molecule has 1 saturated heterocycles. The highest BCUT2D eigenvalue weighted by molar-refractivity contribution is 5.74. The SMILES string of the molecule is CCOC(=O)C1CNCC1NCc1ccccc1. The summed E-state index contributed by atoms with van der Waals surface area (Å²) in [6, 6.07) is 10.4. The maximum absolute atomic E-state index is 11.8. The van der Waals surface area contributed by atoms with Crippen LogP contribution in [0.2, 0.25) is 0 Å². The van der Waals surface area contributed by atoms with E-state index < -0.39 is 0 Å². The van der Waals surface area contributed by atoms with E-state index in [9.17, 15) is 4.79 Å². The summed E-state index contributed by atoms with van der Waals surface area (Å²) in [6.07, 6.45) is 0. The lowest BCUT2D eigenvalue weighted by Gasteiger charge is -2.18. The highest BCUT2D eigenvalue weighted by Gasteiger charge is 2.33. The molecule has 1 aliphatic heterocycles. The van der Waals surface area contributed by atoms with Crippen LogP contribution in [0.25, 0.3) is 0 Å². The van der Waals surface area contributed by atoms with Gasteiger partial charge in [0.2, 0.25) is 0 Å². The molecule has 1 aromatic rings. The van der Waals surface area contributed by atoms with Crippen molar-refractivity contribution >= 4 is 5.97 Å². The second kappa shape index (κ2) is 6.52. The molecule has 4 nitrogen and oxygen atoms in total. The molecule has 0 amide bonds. The number of hydrogen-bond acceptors (Lipinski definition) is 4. The first-order valence-electron chi connectivity index (χ1n) is 6.46. The van der Waals surface area contributed by atoms with Crippen molar-refractivity contribution in [3.63, 3.8) is 0 Å². The summed E-state index contributed by atoms with van der Waals surface area (Å²) in [7, 11) is 0. The Morgan fingerprint density at radius 2 is 2.17 bits per heavy atom. The Hall–Kier alpha value is -1.39. The van der Waals surface area contributed by atoms with Gasteiger partial charge in [-0.1, -0.05) is 30.3 Å². The van der Waals surface area contributed by atoms with Crippen LogP contribution in [0, 0.1) is 5.92 Å². The van der Waals surface area contributed by atoms with Crippen LogP contribution in [0.5, 0.6) is 0 Å². The number of benzene rings is 1. The molecule has 0 aromatic heterocycles. The van der Waals surface area contributed by atoms with E-state index >= 15 is 0 Å². The Bertz CT molecular complexity index is 381. The lowest BCUT2D eigenvalue weighted by atomic mass is 10.0. The van der Waals surface area contributed by atoms with Crippen molar-refractivity contribution in [3.8, 4) is 0 Å². The molecule has 2 N–H and O–H groups in total. The van der Waals surface area contributed by atoms with Crippen LogP contribution in [0.1, 0.15) is 12.5 Å². The lowest BCUT2D eigenvalue weighted by Crippen LogP contribution is -2.39. The molecule has 1 aromatic carbocycles. The van der Waals surface area contributed by atoms with E-state index in [0.29, 0.717) is 13.2 Å². The van der Waals surface area contributed by atoms with Crippen molar-refractivity contribution in [2.75, 3.05) is 19.7 Å².